The normalized spacial score (nSPS) is 22.0. The van der Waals surface area contributed by atoms with Crippen molar-refractivity contribution in [3.63, 3.8) is 0 Å². The van der Waals surface area contributed by atoms with Gasteiger partial charge >= 0.3 is 0 Å². The fraction of sp³-hybridized carbons (Fsp3) is 0.529. The van der Waals surface area contributed by atoms with Crippen LogP contribution in [0, 0.1) is 6.92 Å². The summed E-state index contributed by atoms with van der Waals surface area (Å²) in [4.78, 5) is 28.9. The first kappa shape index (κ1) is 16.3. The first-order valence-electron chi connectivity index (χ1n) is 8.11. The smallest absolute Gasteiger partial charge is 0.253 e. The molecule has 1 aromatic carbocycles. The van der Waals surface area contributed by atoms with E-state index in [9.17, 15) is 9.59 Å². The lowest BCUT2D eigenvalue weighted by Crippen LogP contribution is -2.46. The van der Waals surface area contributed by atoms with Crippen LogP contribution in [0.2, 0.25) is 0 Å². The number of hydrogen-bond acceptors (Lipinski definition) is 4. The predicted molar refractivity (Wildman–Crippen MR) is 92.5 cm³/mol. The van der Waals surface area contributed by atoms with Crippen molar-refractivity contribution in [3.05, 3.63) is 35.4 Å². The molecule has 6 heteroatoms. The highest BCUT2D eigenvalue weighted by Gasteiger charge is 2.29. The average Bonchev–Trinajstić information content (AvgIpc) is 2.98. The van der Waals surface area contributed by atoms with Gasteiger partial charge in [-0.05, 0) is 25.5 Å². The van der Waals surface area contributed by atoms with E-state index in [0.717, 1.165) is 35.7 Å². The van der Waals surface area contributed by atoms with Gasteiger partial charge in [0.15, 0.2) is 0 Å². The SMILES string of the molecule is Cc1cccc(C(=O)N2CCCN(C(=O)C3CSCN3)CC2)c1. The summed E-state index contributed by atoms with van der Waals surface area (Å²) in [5.74, 6) is 1.95. The van der Waals surface area contributed by atoms with Crippen LogP contribution >= 0.6 is 11.8 Å². The molecule has 0 bridgehead atoms. The minimum atomic E-state index is -0.0565. The predicted octanol–water partition coefficient (Wildman–Crippen LogP) is 1.33. The number of aryl methyl sites for hydroxylation is 1. The van der Waals surface area contributed by atoms with E-state index in [2.05, 4.69) is 5.32 Å². The number of nitrogens with zero attached hydrogens (tertiary/aromatic N) is 2. The van der Waals surface area contributed by atoms with Crippen LogP contribution in [-0.2, 0) is 4.79 Å². The Morgan fingerprint density at radius 2 is 1.96 bits per heavy atom. The minimum absolute atomic E-state index is 0.0565. The number of amides is 2. The first-order chi connectivity index (χ1) is 11.1. The molecule has 0 spiro atoms. The lowest BCUT2D eigenvalue weighted by atomic mass is 10.1. The summed E-state index contributed by atoms with van der Waals surface area (Å²) in [6, 6.07) is 7.64. The number of carbonyl (C=O) groups is 2. The van der Waals surface area contributed by atoms with Crippen molar-refractivity contribution in [1.82, 2.24) is 15.1 Å². The Labute approximate surface area is 141 Å². The Balaban J connectivity index is 1.61. The van der Waals surface area contributed by atoms with Crippen LogP contribution in [0.15, 0.2) is 24.3 Å². The van der Waals surface area contributed by atoms with Crippen molar-refractivity contribution < 1.29 is 9.59 Å². The third-order valence-electron chi connectivity index (χ3n) is 4.37. The van der Waals surface area contributed by atoms with Gasteiger partial charge in [-0.25, -0.2) is 0 Å². The van der Waals surface area contributed by atoms with Gasteiger partial charge in [0.05, 0.1) is 6.04 Å². The zero-order valence-corrected chi connectivity index (χ0v) is 14.3. The van der Waals surface area contributed by atoms with Gasteiger partial charge in [-0.15, -0.1) is 11.8 Å². The molecule has 2 fully saturated rings. The molecular formula is C17H23N3O2S. The largest absolute Gasteiger partial charge is 0.339 e. The second kappa shape index (κ2) is 7.36. The number of hydrogen-bond donors (Lipinski definition) is 1. The van der Waals surface area contributed by atoms with E-state index >= 15 is 0 Å². The Morgan fingerprint density at radius 3 is 2.70 bits per heavy atom. The minimum Gasteiger partial charge on any atom is -0.339 e. The van der Waals surface area contributed by atoms with Crippen molar-refractivity contribution in [2.45, 2.75) is 19.4 Å². The van der Waals surface area contributed by atoms with Gasteiger partial charge in [0.25, 0.3) is 5.91 Å². The molecule has 2 saturated heterocycles. The molecule has 2 aliphatic heterocycles. The van der Waals surface area contributed by atoms with Gasteiger partial charge in [0.1, 0.15) is 0 Å². The third-order valence-corrected chi connectivity index (χ3v) is 5.31. The van der Waals surface area contributed by atoms with Crippen LogP contribution < -0.4 is 5.32 Å². The maximum Gasteiger partial charge on any atom is 0.253 e. The molecule has 124 valence electrons. The second-order valence-electron chi connectivity index (χ2n) is 6.11. The van der Waals surface area contributed by atoms with Gasteiger partial charge in [0, 0.05) is 43.4 Å². The fourth-order valence-corrected chi connectivity index (χ4v) is 4.01. The zero-order chi connectivity index (χ0) is 16.2. The molecule has 23 heavy (non-hydrogen) atoms. The summed E-state index contributed by atoms with van der Waals surface area (Å²) in [6.45, 7) is 4.67. The fourth-order valence-electron chi connectivity index (χ4n) is 3.08. The van der Waals surface area contributed by atoms with Gasteiger partial charge < -0.3 is 9.80 Å². The van der Waals surface area contributed by atoms with E-state index in [4.69, 9.17) is 0 Å². The average molecular weight is 333 g/mol. The molecule has 2 amide bonds. The summed E-state index contributed by atoms with van der Waals surface area (Å²) >= 11 is 1.76. The summed E-state index contributed by atoms with van der Waals surface area (Å²) in [5, 5.41) is 3.23. The number of benzene rings is 1. The number of nitrogens with one attached hydrogen (secondary N) is 1. The molecule has 1 N–H and O–H groups in total. The molecule has 0 aliphatic carbocycles. The molecule has 5 nitrogen and oxygen atoms in total. The highest BCUT2D eigenvalue weighted by atomic mass is 32.2. The van der Waals surface area contributed by atoms with Crippen molar-refractivity contribution in [1.29, 1.82) is 0 Å². The lowest BCUT2D eigenvalue weighted by molar-refractivity contribution is -0.132. The molecule has 0 radical (unpaired) electrons. The summed E-state index contributed by atoms with van der Waals surface area (Å²) < 4.78 is 0. The van der Waals surface area contributed by atoms with E-state index in [1.807, 2.05) is 41.0 Å². The Morgan fingerprint density at radius 1 is 1.17 bits per heavy atom. The molecule has 1 atom stereocenters. The van der Waals surface area contributed by atoms with E-state index in [0.29, 0.717) is 19.6 Å². The van der Waals surface area contributed by atoms with Crippen molar-refractivity contribution >= 4 is 23.6 Å². The molecular weight excluding hydrogens is 310 g/mol. The molecule has 2 aliphatic rings. The third kappa shape index (κ3) is 3.87. The van der Waals surface area contributed by atoms with Crippen LogP contribution in [0.25, 0.3) is 0 Å². The molecule has 1 aromatic rings. The molecule has 0 aromatic heterocycles. The van der Waals surface area contributed by atoms with Crippen molar-refractivity contribution in [2.75, 3.05) is 37.8 Å². The zero-order valence-electron chi connectivity index (χ0n) is 13.5. The molecule has 1 unspecified atom stereocenters. The summed E-state index contributed by atoms with van der Waals surface area (Å²) in [6.07, 6.45) is 0.836. The summed E-state index contributed by atoms with van der Waals surface area (Å²) in [5.41, 5.74) is 1.82. The van der Waals surface area contributed by atoms with E-state index in [1.165, 1.54) is 0 Å². The Hall–Kier alpha value is -1.53. The van der Waals surface area contributed by atoms with E-state index in [1.54, 1.807) is 11.8 Å². The van der Waals surface area contributed by atoms with Gasteiger partial charge in [-0.3, -0.25) is 14.9 Å². The monoisotopic (exact) mass is 333 g/mol. The molecule has 2 heterocycles. The highest BCUT2D eigenvalue weighted by Crippen LogP contribution is 2.15. The van der Waals surface area contributed by atoms with Crippen molar-refractivity contribution in [3.8, 4) is 0 Å². The highest BCUT2D eigenvalue weighted by molar-refractivity contribution is 7.99. The maximum atomic E-state index is 12.6. The lowest BCUT2D eigenvalue weighted by Gasteiger charge is -2.24. The van der Waals surface area contributed by atoms with Crippen LogP contribution in [0.4, 0.5) is 0 Å². The topological polar surface area (TPSA) is 52.7 Å². The van der Waals surface area contributed by atoms with Crippen LogP contribution in [0.3, 0.4) is 0 Å². The van der Waals surface area contributed by atoms with Crippen LogP contribution in [0.5, 0.6) is 0 Å². The van der Waals surface area contributed by atoms with E-state index in [-0.39, 0.29) is 17.9 Å². The summed E-state index contributed by atoms with van der Waals surface area (Å²) in [7, 11) is 0. The molecule has 0 saturated carbocycles. The quantitative estimate of drug-likeness (QED) is 0.887. The number of rotatable bonds is 2. The molecule has 3 rings (SSSR count). The van der Waals surface area contributed by atoms with Gasteiger partial charge in [0.2, 0.25) is 5.91 Å². The van der Waals surface area contributed by atoms with Crippen LogP contribution in [-0.4, -0.2) is 65.5 Å². The van der Waals surface area contributed by atoms with Gasteiger partial charge in [-0.2, -0.15) is 0 Å². The van der Waals surface area contributed by atoms with Gasteiger partial charge in [-0.1, -0.05) is 17.7 Å². The second-order valence-corrected chi connectivity index (χ2v) is 7.14. The first-order valence-corrected chi connectivity index (χ1v) is 9.26. The van der Waals surface area contributed by atoms with Crippen molar-refractivity contribution in [2.24, 2.45) is 0 Å². The Bertz CT molecular complexity index is 587. The standard InChI is InChI=1S/C17H23N3O2S/c1-13-4-2-5-14(10-13)16(21)19-6-3-7-20(9-8-19)17(22)15-11-23-12-18-15/h2,4-5,10,15,18H,3,6-9,11-12H2,1H3. The maximum absolute atomic E-state index is 12.6. The number of thioether (sulfide) groups is 1. The number of carbonyl (C=O) groups excluding carboxylic acids is 2. The van der Waals surface area contributed by atoms with Crippen LogP contribution in [0.1, 0.15) is 22.3 Å². The van der Waals surface area contributed by atoms with E-state index < -0.39 is 0 Å². The Kier molecular flexibility index (Phi) is 5.23.